The number of aliphatic hydroxyl groups excluding tert-OH is 3. The molecule has 2 aromatic carbocycles. The van der Waals surface area contributed by atoms with Gasteiger partial charge in [0.05, 0.1) is 32.3 Å². The summed E-state index contributed by atoms with van der Waals surface area (Å²) in [5.74, 6) is 0.331. The maximum atomic E-state index is 12.9. The molecule has 0 unspecified atom stereocenters. The SMILES string of the molecule is O=S(=O)(c1ccc(OC[C@@H](O)CO)cc1)c1cc(Cl)c(OC[C@@H](O)CCl)c(Cl)c1. The second kappa shape index (κ2) is 10.7. The molecular formula is C18H19Cl3O7S. The fraction of sp³-hybridized carbons (Fsp3) is 0.333. The van der Waals surface area contributed by atoms with Crippen molar-refractivity contribution in [3.8, 4) is 11.5 Å². The van der Waals surface area contributed by atoms with Gasteiger partial charge in [0.25, 0.3) is 0 Å². The standard InChI is InChI=1S/C18H19Cl3O7S/c19-7-11(23)9-28-18-16(20)5-15(6-17(18)21)29(25,26)14-3-1-13(2-4-14)27-10-12(24)8-22/h1-6,11-12,22-24H,7-10H2/t11-,12-/m0/s1. The van der Waals surface area contributed by atoms with Gasteiger partial charge in [-0.2, -0.15) is 0 Å². The number of benzene rings is 2. The molecule has 11 heteroatoms. The Morgan fingerprint density at radius 1 is 0.897 bits per heavy atom. The Morgan fingerprint density at radius 3 is 1.97 bits per heavy atom. The normalized spacial score (nSPS) is 13.7. The van der Waals surface area contributed by atoms with Crippen LogP contribution in [0.15, 0.2) is 46.2 Å². The summed E-state index contributed by atoms with van der Waals surface area (Å²) in [7, 11) is -3.93. The number of sulfone groups is 1. The molecular weight excluding hydrogens is 467 g/mol. The zero-order chi connectivity index (χ0) is 21.6. The first-order valence-corrected chi connectivity index (χ1v) is 11.1. The summed E-state index contributed by atoms with van der Waals surface area (Å²) in [6.07, 6.45) is -1.96. The van der Waals surface area contributed by atoms with E-state index in [1.54, 1.807) is 0 Å². The van der Waals surface area contributed by atoms with Crippen LogP contribution in [0.3, 0.4) is 0 Å². The fourth-order valence-corrected chi connectivity index (χ4v) is 4.28. The van der Waals surface area contributed by atoms with E-state index in [0.29, 0.717) is 5.75 Å². The molecule has 0 aliphatic carbocycles. The van der Waals surface area contributed by atoms with Crippen LogP contribution in [0.4, 0.5) is 0 Å². The van der Waals surface area contributed by atoms with E-state index in [0.717, 1.165) is 0 Å². The highest BCUT2D eigenvalue weighted by Gasteiger charge is 2.22. The highest BCUT2D eigenvalue weighted by atomic mass is 35.5. The first kappa shape index (κ1) is 24.0. The van der Waals surface area contributed by atoms with Crippen LogP contribution in [0.2, 0.25) is 10.0 Å². The lowest BCUT2D eigenvalue weighted by atomic mass is 10.3. The second-order valence-electron chi connectivity index (χ2n) is 5.96. The van der Waals surface area contributed by atoms with E-state index in [2.05, 4.69) is 0 Å². The molecule has 2 aromatic rings. The molecule has 0 bridgehead atoms. The third-order valence-corrected chi connectivity index (χ3v) is 6.33. The van der Waals surface area contributed by atoms with Gasteiger partial charge < -0.3 is 24.8 Å². The Morgan fingerprint density at radius 2 is 1.45 bits per heavy atom. The molecule has 29 heavy (non-hydrogen) atoms. The highest BCUT2D eigenvalue weighted by Crippen LogP contribution is 2.37. The van der Waals surface area contributed by atoms with Crippen molar-refractivity contribution in [1.29, 1.82) is 0 Å². The number of alkyl halides is 1. The van der Waals surface area contributed by atoms with Gasteiger partial charge in [-0.25, -0.2) is 8.42 Å². The largest absolute Gasteiger partial charge is 0.491 e. The molecule has 160 valence electrons. The van der Waals surface area contributed by atoms with Gasteiger partial charge in [-0.3, -0.25) is 0 Å². The molecule has 3 N–H and O–H groups in total. The molecule has 0 amide bonds. The third-order valence-electron chi connectivity index (χ3n) is 3.67. The molecule has 2 rings (SSSR count). The molecule has 7 nitrogen and oxygen atoms in total. The van der Waals surface area contributed by atoms with Gasteiger partial charge in [-0.1, -0.05) is 23.2 Å². The zero-order valence-corrected chi connectivity index (χ0v) is 18.0. The van der Waals surface area contributed by atoms with Gasteiger partial charge in [0.2, 0.25) is 9.84 Å². The Labute approximate surface area is 183 Å². The van der Waals surface area contributed by atoms with Gasteiger partial charge in [-0.05, 0) is 36.4 Å². The van der Waals surface area contributed by atoms with Crippen LogP contribution in [0.25, 0.3) is 0 Å². The molecule has 0 spiro atoms. The summed E-state index contributed by atoms with van der Waals surface area (Å²) in [5, 5.41) is 27.5. The maximum absolute atomic E-state index is 12.9. The van der Waals surface area contributed by atoms with Crippen molar-refractivity contribution in [3.63, 3.8) is 0 Å². The fourth-order valence-electron chi connectivity index (χ4n) is 2.15. The van der Waals surface area contributed by atoms with E-state index >= 15 is 0 Å². The average Bonchev–Trinajstić information content (AvgIpc) is 2.71. The van der Waals surface area contributed by atoms with E-state index in [1.807, 2.05) is 0 Å². The van der Waals surface area contributed by atoms with E-state index in [1.165, 1.54) is 36.4 Å². The lowest BCUT2D eigenvalue weighted by molar-refractivity contribution is 0.0536. The summed E-state index contributed by atoms with van der Waals surface area (Å²) < 4.78 is 36.3. The molecule has 2 atom stereocenters. The number of hydrogen-bond acceptors (Lipinski definition) is 7. The summed E-state index contributed by atoms with van der Waals surface area (Å²) in [4.78, 5) is -0.159. The van der Waals surface area contributed by atoms with E-state index < -0.39 is 28.7 Å². The third kappa shape index (κ3) is 6.36. The first-order valence-electron chi connectivity index (χ1n) is 8.31. The monoisotopic (exact) mass is 484 g/mol. The number of rotatable bonds is 10. The van der Waals surface area contributed by atoms with Crippen molar-refractivity contribution in [2.45, 2.75) is 22.0 Å². The van der Waals surface area contributed by atoms with Crippen LogP contribution in [-0.4, -0.2) is 61.6 Å². The van der Waals surface area contributed by atoms with Gasteiger partial charge >= 0.3 is 0 Å². The Balaban J connectivity index is 2.22. The van der Waals surface area contributed by atoms with Crippen molar-refractivity contribution < 1.29 is 33.2 Å². The second-order valence-corrected chi connectivity index (χ2v) is 9.03. The summed E-state index contributed by atoms with van der Waals surface area (Å²) in [6, 6.07) is 7.91. The van der Waals surface area contributed by atoms with Crippen LogP contribution >= 0.6 is 34.8 Å². The summed E-state index contributed by atoms with van der Waals surface area (Å²) >= 11 is 17.7. The number of hydrogen-bond donors (Lipinski definition) is 3. The molecule has 0 radical (unpaired) electrons. The predicted octanol–water partition coefficient (Wildman–Crippen LogP) is 2.54. The van der Waals surface area contributed by atoms with Gasteiger partial charge in [0, 0.05) is 0 Å². The minimum absolute atomic E-state index is 0.0223. The van der Waals surface area contributed by atoms with E-state index in [9.17, 15) is 18.6 Å². The molecule has 0 saturated heterocycles. The number of halogens is 3. The average molecular weight is 486 g/mol. The molecule has 0 saturated carbocycles. The number of ether oxygens (including phenoxy) is 2. The highest BCUT2D eigenvalue weighted by molar-refractivity contribution is 7.91. The molecule has 0 heterocycles. The van der Waals surface area contributed by atoms with Gasteiger partial charge in [-0.15, -0.1) is 11.6 Å². The quantitative estimate of drug-likeness (QED) is 0.443. The van der Waals surface area contributed by atoms with Crippen molar-refractivity contribution in [1.82, 2.24) is 0 Å². The molecule has 0 aromatic heterocycles. The molecule has 0 fully saturated rings. The van der Waals surface area contributed by atoms with Crippen molar-refractivity contribution in [2.75, 3.05) is 25.7 Å². The number of aliphatic hydroxyl groups is 3. The van der Waals surface area contributed by atoms with Crippen LogP contribution in [0, 0.1) is 0 Å². The smallest absolute Gasteiger partial charge is 0.206 e. The van der Waals surface area contributed by atoms with Crippen LogP contribution in [0.1, 0.15) is 0 Å². The molecule has 0 aliphatic heterocycles. The zero-order valence-electron chi connectivity index (χ0n) is 15.0. The van der Waals surface area contributed by atoms with Gasteiger partial charge in [0.15, 0.2) is 5.75 Å². The van der Waals surface area contributed by atoms with Crippen LogP contribution in [-0.2, 0) is 9.84 Å². The minimum atomic E-state index is -3.93. The van der Waals surface area contributed by atoms with Crippen LogP contribution in [0.5, 0.6) is 11.5 Å². The lowest BCUT2D eigenvalue weighted by Gasteiger charge is -2.14. The topological polar surface area (TPSA) is 113 Å². The minimum Gasteiger partial charge on any atom is -0.491 e. The van der Waals surface area contributed by atoms with E-state index in [4.69, 9.17) is 49.4 Å². The molecule has 0 aliphatic rings. The van der Waals surface area contributed by atoms with Crippen molar-refractivity contribution in [3.05, 3.63) is 46.4 Å². The Hall–Kier alpha value is -1.26. The maximum Gasteiger partial charge on any atom is 0.206 e. The van der Waals surface area contributed by atoms with E-state index in [-0.39, 0.29) is 44.7 Å². The first-order chi connectivity index (χ1) is 13.7. The van der Waals surface area contributed by atoms with Crippen molar-refractivity contribution in [2.24, 2.45) is 0 Å². The summed E-state index contributed by atoms with van der Waals surface area (Å²) in [5.41, 5.74) is 0. The summed E-state index contributed by atoms with van der Waals surface area (Å²) in [6.45, 7) is -0.728. The Kier molecular flexibility index (Phi) is 8.84. The lowest BCUT2D eigenvalue weighted by Crippen LogP contribution is -2.21. The van der Waals surface area contributed by atoms with Crippen LogP contribution < -0.4 is 9.47 Å². The Bertz CT molecular complexity index is 897. The predicted molar refractivity (Wildman–Crippen MR) is 109 cm³/mol. The van der Waals surface area contributed by atoms with Crippen molar-refractivity contribution >= 4 is 44.6 Å². The van der Waals surface area contributed by atoms with Gasteiger partial charge in [0.1, 0.15) is 31.2 Å².